The van der Waals surface area contributed by atoms with E-state index in [1.807, 2.05) is 4.90 Å². The maximum absolute atomic E-state index is 12.7. The van der Waals surface area contributed by atoms with Gasteiger partial charge in [-0.2, -0.15) is 0 Å². The van der Waals surface area contributed by atoms with Gasteiger partial charge in [0.1, 0.15) is 6.26 Å². The van der Waals surface area contributed by atoms with Gasteiger partial charge in [-0.3, -0.25) is 4.79 Å². The molecule has 124 valence electrons. The SMILES string of the molecule is CC[C@@H]1CCCCCN1C(=O)c1coc(S(=O)(=O)N(C)C)c1. The molecule has 1 aromatic heterocycles. The molecule has 7 heteroatoms. The number of furan rings is 1. The lowest BCUT2D eigenvalue weighted by molar-refractivity contribution is 0.0677. The van der Waals surface area contributed by atoms with Crippen molar-refractivity contribution in [3.05, 3.63) is 17.9 Å². The van der Waals surface area contributed by atoms with Crippen LogP contribution in [0.4, 0.5) is 0 Å². The van der Waals surface area contributed by atoms with Crippen LogP contribution in [0.5, 0.6) is 0 Å². The van der Waals surface area contributed by atoms with Gasteiger partial charge in [-0.05, 0) is 19.3 Å². The summed E-state index contributed by atoms with van der Waals surface area (Å²) in [4.78, 5) is 14.6. The van der Waals surface area contributed by atoms with E-state index in [1.54, 1.807) is 0 Å². The first-order valence-corrected chi connectivity index (χ1v) is 9.14. The molecule has 0 saturated carbocycles. The first-order chi connectivity index (χ1) is 10.4. The third kappa shape index (κ3) is 3.35. The predicted octanol–water partition coefficient (Wildman–Crippen LogP) is 2.32. The van der Waals surface area contributed by atoms with E-state index in [1.165, 1.54) is 26.4 Å². The highest BCUT2D eigenvalue weighted by Crippen LogP contribution is 2.23. The summed E-state index contributed by atoms with van der Waals surface area (Å²) in [6.45, 7) is 2.80. The number of sulfonamides is 1. The minimum Gasteiger partial charge on any atom is -0.451 e. The van der Waals surface area contributed by atoms with Crippen LogP contribution in [0.15, 0.2) is 21.8 Å². The molecule has 1 atom stereocenters. The maximum Gasteiger partial charge on any atom is 0.275 e. The highest BCUT2D eigenvalue weighted by atomic mass is 32.2. The topological polar surface area (TPSA) is 70.8 Å². The van der Waals surface area contributed by atoms with Gasteiger partial charge < -0.3 is 9.32 Å². The largest absolute Gasteiger partial charge is 0.451 e. The molecule has 1 fully saturated rings. The van der Waals surface area contributed by atoms with Crippen LogP contribution in [0.3, 0.4) is 0 Å². The molecule has 0 aliphatic carbocycles. The summed E-state index contributed by atoms with van der Waals surface area (Å²) < 4.78 is 30.2. The molecule has 0 spiro atoms. The molecule has 1 saturated heterocycles. The standard InChI is InChI=1S/C15H24N2O4S/c1-4-13-8-6-5-7-9-17(13)15(18)12-10-14(21-11-12)22(19,20)16(2)3/h10-11,13H,4-9H2,1-3H3/t13-/m1/s1. The lowest BCUT2D eigenvalue weighted by Crippen LogP contribution is -2.39. The second-order valence-corrected chi connectivity index (χ2v) is 7.93. The Morgan fingerprint density at radius 1 is 1.36 bits per heavy atom. The van der Waals surface area contributed by atoms with Crippen molar-refractivity contribution in [2.75, 3.05) is 20.6 Å². The van der Waals surface area contributed by atoms with Crippen LogP contribution in [0.2, 0.25) is 0 Å². The molecule has 6 nitrogen and oxygen atoms in total. The minimum atomic E-state index is -3.65. The van der Waals surface area contributed by atoms with Gasteiger partial charge in [0.2, 0.25) is 5.09 Å². The van der Waals surface area contributed by atoms with Gasteiger partial charge in [-0.1, -0.05) is 19.8 Å². The first-order valence-electron chi connectivity index (χ1n) is 7.70. The number of nitrogens with zero attached hydrogens (tertiary/aromatic N) is 2. The van der Waals surface area contributed by atoms with Gasteiger partial charge in [0, 0.05) is 32.7 Å². The van der Waals surface area contributed by atoms with Crippen LogP contribution in [0.25, 0.3) is 0 Å². The van der Waals surface area contributed by atoms with Crippen LogP contribution in [0, 0.1) is 0 Å². The number of amides is 1. The zero-order chi connectivity index (χ0) is 16.3. The Bertz CT molecular complexity index is 621. The fourth-order valence-corrected chi connectivity index (χ4v) is 3.58. The number of carbonyl (C=O) groups is 1. The molecule has 1 aromatic rings. The fourth-order valence-electron chi connectivity index (χ4n) is 2.78. The Morgan fingerprint density at radius 2 is 2.09 bits per heavy atom. The van der Waals surface area contributed by atoms with Crippen molar-refractivity contribution in [1.29, 1.82) is 0 Å². The van der Waals surface area contributed by atoms with E-state index < -0.39 is 10.0 Å². The zero-order valence-corrected chi connectivity index (χ0v) is 14.2. The molecule has 0 aromatic carbocycles. The molecule has 1 aliphatic rings. The Morgan fingerprint density at radius 3 is 2.73 bits per heavy atom. The number of hydrogen-bond donors (Lipinski definition) is 0. The molecule has 2 heterocycles. The summed E-state index contributed by atoms with van der Waals surface area (Å²) in [5.74, 6) is -0.141. The van der Waals surface area contributed by atoms with E-state index >= 15 is 0 Å². The number of rotatable bonds is 4. The number of likely N-dealkylation sites (tertiary alicyclic amines) is 1. The van der Waals surface area contributed by atoms with Crippen LogP contribution in [-0.2, 0) is 10.0 Å². The van der Waals surface area contributed by atoms with Crippen molar-refractivity contribution in [2.45, 2.75) is 50.2 Å². The second-order valence-electron chi connectivity index (χ2n) is 5.85. The summed E-state index contributed by atoms with van der Waals surface area (Å²) in [6.07, 6.45) is 6.41. The highest BCUT2D eigenvalue weighted by Gasteiger charge is 2.28. The van der Waals surface area contributed by atoms with E-state index in [0.29, 0.717) is 5.56 Å². The molecule has 0 bridgehead atoms. The van der Waals surface area contributed by atoms with E-state index in [0.717, 1.165) is 43.0 Å². The van der Waals surface area contributed by atoms with Crippen molar-refractivity contribution in [3.8, 4) is 0 Å². The maximum atomic E-state index is 12.7. The van der Waals surface area contributed by atoms with Gasteiger partial charge in [-0.15, -0.1) is 0 Å². The third-order valence-corrected chi connectivity index (χ3v) is 5.85. The van der Waals surface area contributed by atoms with Crippen LogP contribution < -0.4 is 0 Å². The molecule has 0 N–H and O–H groups in total. The van der Waals surface area contributed by atoms with Crippen molar-refractivity contribution in [2.24, 2.45) is 0 Å². The smallest absolute Gasteiger partial charge is 0.275 e. The van der Waals surface area contributed by atoms with Crippen molar-refractivity contribution in [1.82, 2.24) is 9.21 Å². The second kappa shape index (κ2) is 6.83. The molecule has 22 heavy (non-hydrogen) atoms. The Hall–Kier alpha value is -1.34. The molecule has 0 radical (unpaired) electrons. The monoisotopic (exact) mass is 328 g/mol. The molecular weight excluding hydrogens is 304 g/mol. The molecule has 1 amide bonds. The van der Waals surface area contributed by atoms with E-state index in [-0.39, 0.29) is 17.0 Å². The van der Waals surface area contributed by atoms with Gasteiger partial charge in [0.15, 0.2) is 0 Å². The van der Waals surface area contributed by atoms with E-state index in [2.05, 4.69) is 6.92 Å². The summed E-state index contributed by atoms with van der Waals surface area (Å²) in [5, 5.41) is -0.191. The Labute approximate surface area is 132 Å². The van der Waals surface area contributed by atoms with Crippen molar-refractivity contribution >= 4 is 15.9 Å². The fraction of sp³-hybridized carbons (Fsp3) is 0.667. The average Bonchev–Trinajstić information content (AvgIpc) is 2.86. The van der Waals surface area contributed by atoms with Crippen molar-refractivity contribution < 1.29 is 17.6 Å². The van der Waals surface area contributed by atoms with Crippen LogP contribution >= 0.6 is 0 Å². The summed E-state index contributed by atoms with van der Waals surface area (Å²) in [5.41, 5.74) is 0.306. The highest BCUT2D eigenvalue weighted by molar-refractivity contribution is 7.88. The van der Waals surface area contributed by atoms with E-state index in [9.17, 15) is 13.2 Å². The quantitative estimate of drug-likeness (QED) is 0.850. The Kier molecular flexibility index (Phi) is 5.28. The molecule has 2 rings (SSSR count). The summed E-state index contributed by atoms with van der Waals surface area (Å²) in [6, 6.07) is 1.55. The van der Waals surface area contributed by atoms with Gasteiger partial charge in [0.25, 0.3) is 15.9 Å². The summed E-state index contributed by atoms with van der Waals surface area (Å²) >= 11 is 0. The minimum absolute atomic E-state index is 0.141. The number of carbonyl (C=O) groups excluding carboxylic acids is 1. The lowest BCUT2D eigenvalue weighted by Gasteiger charge is -2.28. The molecule has 0 unspecified atom stereocenters. The van der Waals surface area contributed by atoms with Crippen LogP contribution in [-0.4, -0.2) is 50.2 Å². The first kappa shape index (κ1) is 17.0. The number of hydrogen-bond acceptors (Lipinski definition) is 4. The van der Waals surface area contributed by atoms with Gasteiger partial charge >= 0.3 is 0 Å². The van der Waals surface area contributed by atoms with Crippen molar-refractivity contribution in [3.63, 3.8) is 0 Å². The average molecular weight is 328 g/mol. The molecule has 1 aliphatic heterocycles. The van der Waals surface area contributed by atoms with Gasteiger partial charge in [-0.25, -0.2) is 12.7 Å². The van der Waals surface area contributed by atoms with Gasteiger partial charge in [0.05, 0.1) is 5.56 Å². The Balaban J connectivity index is 2.24. The zero-order valence-electron chi connectivity index (χ0n) is 13.4. The van der Waals surface area contributed by atoms with Crippen LogP contribution in [0.1, 0.15) is 49.4 Å². The summed E-state index contributed by atoms with van der Waals surface area (Å²) in [7, 11) is -0.787. The lowest BCUT2D eigenvalue weighted by atomic mass is 10.1. The molecular formula is C15H24N2O4S. The third-order valence-electron chi connectivity index (χ3n) is 4.17. The normalized spacial score (nSPS) is 20.2. The van der Waals surface area contributed by atoms with E-state index in [4.69, 9.17) is 4.42 Å². The predicted molar refractivity (Wildman–Crippen MR) is 83.2 cm³/mol.